The van der Waals surface area contributed by atoms with Crippen LogP contribution in [0.25, 0.3) is 10.9 Å². The Labute approximate surface area is 207 Å². The van der Waals surface area contributed by atoms with Crippen LogP contribution in [0.15, 0.2) is 101 Å². The van der Waals surface area contributed by atoms with Crippen molar-refractivity contribution in [2.45, 2.75) is 19.0 Å². The summed E-state index contributed by atoms with van der Waals surface area (Å²) >= 11 is 1.70. The van der Waals surface area contributed by atoms with Gasteiger partial charge in [-0.3, -0.25) is 4.79 Å². The summed E-state index contributed by atoms with van der Waals surface area (Å²) in [4.78, 5) is 29.1. The first-order valence-electron chi connectivity index (χ1n) is 11.5. The summed E-state index contributed by atoms with van der Waals surface area (Å²) in [5.74, 6) is 0.0672. The number of hydrogen-bond acceptors (Lipinski definition) is 3. The molecule has 3 aromatic heterocycles. The monoisotopic (exact) mass is 482 g/mol. The molecule has 0 radical (unpaired) electrons. The third-order valence-corrected chi connectivity index (χ3v) is 7.06. The molecule has 5 aromatic rings. The molecule has 6 nitrogen and oxygen atoms in total. The van der Waals surface area contributed by atoms with Crippen LogP contribution >= 0.6 is 11.3 Å². The van der Waals surface area contributed by atoms with Gasteiger partial charge < -0.3 is 20.2 Å². The summed E-state index contributed by atoms with van der Waals surface area (Å²) in [6.07, 6.45) is 3.82. The number of nitrogens with one attached hydrogen (secondary N) is 3. The molecule has 5 rings (SSSR count). The zero-order valence-electron chi connectivity index (χ0n) is 19.1. The van der Waals surface area contributed by atoms with E-state index < -0.39 is 0 Å². The van der Waals surface area contributed by atoms with Gasteiger partial charge in [-0.15, -0.1) is 11.3 Å². The van der Waals surface area contributed by atoms with Gasteiger partial charge in [-0.05, 0) is 40.3 Å². The summed E-state index contributed by atoms with van der Waals surface area (Å²) in [5, 5.41) is 9.24. The van der Waals surface area contributed by atoms with E-state index in [1.165, 1.54) is 15.8 Å². The summed E-state index contributed by atoms with van der Waals surface area (Å²) in [5.41, 5.74) is 4.27. The molecule has 35 heavy (non-hydrogen) atoms. The molecule has 2 aromatic carbocycles. The second-order valence-corrected chi connectivity index (χ2v) is 9.38. The number of carbonyl (C=O) groups excluding carboxylic acids is 1. The highest BCUT2D eigenvalue weighted by atomic mass is 32.1. The van der Waals surface area contributed by atoms with E-state index in [1.807, 2.05) is 54.7 Å². The van der Waals surface area contributed by atoms with Crippen LogP contribution in [0.3, 0.4) is 0 Å². The number of thiophene rings is 1. The zero-order chi connectivity index (χ0) is 24.0. The van der Waals surface area contributed by atoms with E-state index in [1.54, 1.807) is 34.2 Å². The number of benzene rings is 2. The van der Waals surface area contributed by atoms with E-state index in [2.05, 4.69) is 39.2 Å². The molecule has 0 saturated carbocycles. The van der Waals surface area contributed by atoms with Gasteiger partial charge in [0, 0.05) is 53.2 Å². The van der Waals surface area contributed by atoms with Crippen LogP contribution in [0.5, 0.6) is 0 Å². The molecular weight excluding hydrogens is 456 g/mol. The number of pyridine rings is 1. The maximum absolute atomic E-state index is 12.6. The highest BCUT2D eigenvalue weighted by Crippen LogP contribution is 2.32. The molecular formula is C28H26N4O2S. The zero-order valence-corrected chi connectivity index (χ0v) is 19.9. The van der Waals surface area contributed by atoms with Crippen molar-refractivity contribution in [3.05, 3.63) is 129 Å². The second-order valence-electron chi connectivity index (χ2n) is 8.40. The average molecular weight is 483 g/mol. The number of H-pyrrole nitrogens is 1. The summed E-state index contributed by atoms with van der Waals surface area (Å²) < 4.78 is 1.67. The Morgan fingerprint density at radius 2 is 1.71 bits per heavy atom. The van der Waals surface area contributed by atoms with Crippen molar-refractivity contribution in [1.29, 1.82) is 0 Å². The van der Waals surface area contributed by atoms with E-state index in [0.717, 1.165) is 16.6 Å². The smallest absolute Gasteiger partial charge is 0.315 e. The predicted molar refractivity (Wildman–Crippen MR) is 141 cm³/mol. The van der Waals surface area contributed by atoms with Crippen molar-refractivity contribution in [1.82, 2.24) is 20.2 Å². The molecule has 7 heteroatoms. The van der Waals surface area contributed by atoms with E-state index in [-0.39, 0.29) is 17.5 Å². The first kappa shape index (κ1) is 22.7. The van der Waals surface area contributed by atoms with Crippen LogP contribution in [0.2, 0.25) is 0 Å². The minimum Gasteiger partial charge on any atom is -0.361 e. The molecule has 0 aliphatic heterocycles. The molecule has 3 heterocycles. The standard InChI is InChI=1S/C28H26N4O2S/c33-27-9-3-4-14-32(27)19-21-12-10-20(11-13-21)16-30-28(34)31-18-24(26-8-5-15-35-26)23-17-29-25-7-2-1-6-22(23)25/h1-15,17,24,29H,16,18-19H2,(H2,30,31,34). The minimum atomic E-state index is -0.202. The van der Waals surface area contributed by atoms with Gasteiger partial charge in [0.15, 0.2) is 0 Å². The van der Waals surface area contributed by atoms with Crippen LogP contribution in [-0.4, -0.2) is 22.1 Å². The number of fused-ring (bicyclic) bond motifs is 1. The number of nitrogens with zero attached hydrogens (tertiary/aromatic N) is 1. The fourth-order valence-corrected chi connectivity index (χ4v) is 5.07. The van der Waals surface area contributed by atoms with Crippen molar-refractivity contribution < 1.29 is 4.79 Å². The lowest BCUT2D eigenvalue weighted by molar-refractivity contribution is 0.240. The second kappa shape index (κ2) is 10.4. The van der Waals surface area contributed by atoms with Crippen molar-refractivity contribution in [3.8, 4) is 0 Å². The minimum absolute atomic E-state index is 0.0246. The first-order chi connectivity index (χ1) is 17.2. The van der Waals surface area contributed by atoms with Gasteiger partial charge in [-0.25, -0.2) is 4.79 Å². The van der Waals surface area contributed by atoms with Crippen LogP contribution in [0.4, 0.5) is 4.79 Å². The molecule has 3 N–H and O–H groups in total. The molecule has 1 atom stereocenters. The van der Waals surface area contributed by atoms with Crippen LogP contribution in [0.1, 0.15) is 27.5 Å². The number of urea groups is 1. The van der Waals surface area contributed by atoms with Crippen molar-refractivity contribution in [3.63, 3.8) is 0 Å². The van der Waals surface area contributed by atoms with Gasteiger partial charge in [0.1, 0.15) is 0 Å². The van der Waals surface area contributed by atoms with Crippen LogP contribution < -0.4 is 16.2 Å². The molecule has 2 amide bonds. The van der Waals surface area contributed by atoms with E-state index in [4.69, 9.17) is 0 Å². The normalized spacial score (nSPS) is 11.9. The fourth-order valence-electron chi connectivity index (χ4n) is 4.23. The van der Waals surface area contributed by atoms with Gasteiger partial charge in [0.2, 0.25) is 0 Å². The lowest BCUT2D eigenvalue weighted by Gasteiger charge is -2.17. The third-order valence-electron chi connectivity index (χ3n) is 6.08. The number of aromatic amines is 1. The van der Waals surface area contributed by atoms with Gasteiger partial charge in [0.05, 0.1) is 6.54 Å². The predicted octanol–water partition coefficient (Wildman–Crippen LogP) is 5.07. The van der Waals surface area contributed by atoms with E-state index in [9.17, 15) is 9.59 Å². The molecule has 0 bridgehead atoms. The Balaban J connectivity index is 1.19. The maximum Gasteiger partial charge on any atom is 0.315 e. The lowest BCUT2D eigenvalue weighted by atomic mass is 9.97. The number of amides is 2. The molecule has 0 aliphatic carbocycles. The SMILES string of the molecule is O=C(NCc1ccc(Cn2ccccc2=O)cc1)NCC(c1cccs1)c1c[nH]c2ccccc12. The van der Waals surface area contributed by atoms with Crippen molar-refractivity contribution >= 4 is 28.3 Å². The van der Waals surface area contributed by atoms with Crippen LogP contribution in [-0.2, 0) is 13.1 Å². The summed E-state index contributed by atoms with van der Waals surface area (Å²) in [7, 11) is 0. The van der Waals surface area contributed by atoms with Gasteiger partial charge in [0.25, 0.3) is 5.56 Å². The summed E-state index contributed by atoms with van der Waals surface area (Å²) in [6, 6.07) is 25.2. The number of hydrogen-bond donors (Lipinski definition) is 3. The lowest BCUT2D eigenvalue weighted by Crippen LogP contribution is -2.37. The Kier molecular flexibility index (Phi) is 6.77. The Morgan fingerprint density at radius 1 is 0.914 bits per heavy atom. The largest absolute Gasteiger partial charge is 0.361 e. The topological polar surface area (TPSA) is 78.9 Å². The molecule has 0 saturated heterocycles. The number of aromatic nitrogens is 2. The quantitative estimate of drug-likeness (QED) is 0.289. The molecule has 0 spiro atoms. The molecule has 0 aliphatic rings. The highest BCUT2D eigenvalue weighted by molar-refractivity contribution is 7.10. The molecule has 1 unspecified atom stereocenters. The first-order valence-corrected chi connectivity index (χ1v) is 12.4. The van der Waals surface area contributed by atoms with Crippen molar-refractivity contribution in [2.24, 2.45) is 0 Å². The maximum atomic E-state index is 12.6. The molecule has 0 fully saturated rings. The van der Waals surface area contributed by atoms with E-state index >= 15 is 0 Å². The van der Waals surface area contributed by atoms with Gasteiger partial charge in [-0.1, -0.05) is 54.6 Å². The highest BCUT2D eigenvalue weighted by Gasteiger charge is 2.20. The number of rotatable bonds is 8. The van der Waals surface area contributed by atoms with Gasteiger partial charge in [-0.2, -0.15) is 0 Å². The Bertz CT molecular complexity index is 1470. The average Bonchev–Trinajstić information content (AvgIpc) is 3.56. The Hall–Kier alpha value is -4.10. The summed E-state index contributed by atoms with van der Waals surface area (Å²) in [6.45, 7) is 1.44. The Morgan fingerprint density at radius 3 is 2.51 bits per heavy atom. The number of para-hydroxylation sites is 1. The fraction of sp³-hybridized carbons (Fsp3) is 0.143. The van der Waals surface area contributed by atoms with E-state index in [0.29, 0.717) is 19.6 Å². The third kappa shape index (κ3) is 5.36. The van der Waals surface area contributed by atoms with Crippen molar-refractivity contribution in [2.75, 3.05) is 6.54 Å². The molecule has 176 valence electrons. The van der Waals surface area contributed by atoms with Crippen LogP contribution in [0, 0.1) is 0 Å². The van der Waals surface area contributed by atoms with Gasteiger partial charge >= 0.3 is 6.03 Å². The number of carbonyl (C=O) groups is 1.